The SMILES string of the molecule is CCC(C)(C)C(=O)OCCP1(=O)OCCO1. The highest BCUT2D eigenvalue weighted by molar-refractivity contribution is 7.54. The molecule has 16 heavy (non-hydrogen) atoms. The van der Waals surface area contributed by atoms with Gasteiger partial charge in [0.2, 0.25) is 0 Å². The van der Waals surface area contributed by atoms with Gasteiger partial charge in [-0.3, -0.25) is 9.36 Å². The zero-order valence-corrected chi connectivity index (χ0v) is 10.9. The monoisotopic (exact) mass is 250 g/mol. The summed E-state index contributed by atoms with van der Waals surface area (Å²) in [6.07, 6.45) is 0.842. The molecular formula is C10H19O5P. The summed E-state index contributed by atoms with van der Waals surface area (Å²) < 4.78 is 26.7. The molecule has 1 heterocycles. The van der Waals surface area contributed by atoms with Crippen molar-refractivity contribution in [3.05, 3.63) is 0 Å². The quantitative estimate of drug-likeness (QED) is 0.553. The van der Waals surface area contributed by atoms with Gasteiger partial charge in [0.15, 0.2) is 0 Å². The molecule has 0 aromatic carbocycles. The Morgan fingerprint density at radius 2 is 1.94 bits per heavy atom. The van der Waals surface area contributed by atoms with Crippen molar-refractivity contribution in [1.29, 1.82) is 0 Å². The molecule has 0 atom stereocenters. The van der Waals surface area contributed by atoms with Gasteiger partial charge in [-0.05, 0) is 20.3 Å². The molecule has 0 amide bonds. The summed E-state index contributed by atoms with van der Waals surface area (Å²) in [6, 6.07) is 0. The molecule has 0 unspecified atom stereocenters. The van der Waals surface area contributed by atoms with Gasteiger partial charge in [-0.2, -0.15) is 0 Å². The second-order valence-electron chi connectivity index (χ2n) is 4.37. The predicted octanol–water partition coefficient (Wildman–Crippen LogP) is 2.21. The van der Waals surface area contributed by atoms with Gasteiger partial charge in [0.1, 0.15) is 6.61 Å². The fourth-order valence-electron chi connectivity index (χ4n) is 1.11. The van der Waals surface area contributed by atoms with E-state index in [4.69, 9.17) is 13.8 Å². The van der Waals surface area contributed by atoms with Crippen LogP contribution in [0, 0.1) is 5.41 Å². The standard InChI is InChI=1S/C10H19O5P/c1-4-10(2,3)9(11)13-7-8-16(12)14-5-6-15-16/h4-8H2,1-3H3. The minimum atomic E-state index is -2.96. The smallest absolute Gasteiger partial charge is 0.334 e. The third-order valence-electron chi connectivity index (χ3n) is 2.69. The van der Waals surface area contributed by atoms with E-state index in [1.54, 1.807) is 0 Å². The molecule has 0 saturated carbocycles. The maximum Gasteiger partial charge on any atom is 0.334 e. The van der Waals surface area contributed by atoms with E-state index in [9.17, 15) is 9.36 Å². The van der Waals surface area contributed by atoms with Gasteiger partial charge in [0, 0.05) is 0 Å². The van der Waals surface area contributed by atoms with E-state index in [0.717, 1.165) is 0 Å². The zero-order valence-electron chi connectivity index (χ0n) is 10.0. The zero-order chi connectivity index (χ0) is 12.2. The topological polar surface area (TPSA) is 61.8 Å². The number of rotatable bonds is 5. The van der Waals surface area contributed by atoms with Gasteiger partial charge in [-0.1, -0.05) is 6.92 Å². The molecule has 0 aliphatic carbocycles. The minimum absolute atomic E-state index is 0.0829. The van der Waals surface area contributed by atoms with E-state index in [-0.39, 0.29) is 18.7 Å². The fourth-order valence-corrected chi connectivity index (χ4v) is 2.46. The second kappa shape index (κ2) is 5.30. The van der Waals surface area contributed by atoms with Crippen LogP contribution in [0.5, 0.6) is 0 Å². The largest absolute Gasteiger partial charge is 0.465 e. The normalized spacial score (nSPS) is 19.7. The van der Waals surface area contributed by atoms with Gasteiger partial charge >= 0.3 is 13.6 Å². The van der Waals surface area contributed by atoms with Crippen molar-refractivity contribution in [2.45, 2.75) is 27.2 Å². The van der Waals surface area contributed by atoms with Gasteiger partial charge in [-0.15, -0.1) is 0 Å². The Morgan fingerprint density at radius 3 is 2.44 bits per heavy atom. The van der Waals surface area contributed by atoms with Crippen LogP contribution >= 0.6 is 7.60 Å². The highest BCUT2D eigenvalue weighted by Crippen LogP contribution is 2.51. The Labute approximate surface area is 96.0 Å². The Kier molecular flexibility index (Phi) is 4.53. The van der Waals surface area contributed by atoms with E-state index in [1.165, 1.54) is 0 Å². The van der Waals surface area contributed by atoms with Crippen LogP contribution in [0.4, 0.5) is 0 Å². The van der Waals surface area contributed by atoms with Crippen LogP contribution in [0.3, 0.4) is 0 Å². The molecule has 0 bridgehead atoms. The second-order valence-corrected chi connectivity index (χ2v) is 6.56. The van der Waals surface area contributed by atoms with Crippen LogP contribution < -0.4 is 0 Å². The molecule has 1 rings (SSSR count). The first kappa shape index (κ1) is 13.7. The van der Waals surface area contributed by atoms with Gasteiger partial charge in [0.25, 0.3) is 0 Å². The van der Waals surface area contributed by atoms with Crippen LogP contribution in [0.1, 0.15) is 27.2 Å². The molecule has 6 heteroatoms. The summed E-state index contributed by atoms with van der Waals surface area (Å²) in [7, 11) is -2.96. The van der Waals surface area contributed by atoms with Gasteiger partial charge in [0.05, 0.1) is 24.8 Å². The number of carbonyl (C=O) groups is 1. The number of hydrogen-bond acceptors (Lipinski definition) is 5. The van der Waals surface area contributed by atoms with Crippen LogP contribution in [-0.2, 0) is 23.1 Å². The molecule has 1 aliphatic rings. The van der Waals surface area contributed by atoms with Crippen molar-refractivity contribution >= 4 is 13.6 Å². The van der Waals surface area contributed by atoms with Crippen LogP contribution in [0.25, 0.3) is 0 Å². The third kappa shape index (κ3) is 3.58. The average Bonchev–Trinajstić information content (AvgIpc) is 2.65. The van der Waals surface area contributed by atoms with Crippen LogP contribution in [0.2, 0.25) is 0 Å². The highest BCUT2D eigenvalue weighted by atomic mass is 31.2. The van der Waals surface area contributed by atoms with Gasteiger partial charge < -0.3 is 13.8 Å². The van der Waals surface area contributed by atoms with Crippen LogP contribution in [-0.4, -0.2) is 32.0 Å². The first-order chi connectivity index (χ1) is 7.40. The van der Waals surface area contributed by atoms with Crippen molar-refractivity contribution in [3.8, 4) is 0 Å². The van der Waals surface area contributed by atoms with Gasteiger partial charge in [-0.25, -0.2) is 0 Å². The van der Waals surface area contributed by atoms with E-state index >= 15 is 0 Å². The fraction of sp³-hybridized carbons (Fsp3) is 0.900. The summed E-state index contributed by atoms with van der Waals surface area (Å²) in [5.74, 6) is -0.277. The molecule has 1 fully saturated rings. The molecule has 1 saturated heterocycles. The number of ether oxygens (including phenoxy) is 1. The van der Waals surface area contributed by atoms with Crippen LogP contribution in [0.15, 0.2) is 0 Å². The minimum Gasteiger partial charge on any atom is -0.465 e. The molecule has 0 aromatic heterocycles. The molecular weight excluding hydrogens is 231 g/mol. The first-order valence-electron chi connectivity index (χ1n) is 5.45. The lowest BCUT2D eigenvalue weighted by atomic mass is 9.91. The van der Waals surface area contributed by atoms with E-state index in [2.05, 4.69) is 0 Å². The Morgan fingerprint density at radius 1 is 1.38 bits per heavy atom. The summed E-state index contributed by atoms with van der Waals surface area (Å²) >= 11 is 0. The number of hydrogen-bond donors (Lipinski definition) is 0. The first-order valence-corrected chi connectivity index (χ1v) is 7.18. The summed E-state index contributed by atoms with van der Waals surface area (Å²) in [5.41, 5.74) is -0.494. The Bertz CT molecular complexity index is 290. The molecule has 0 spiro atoms. The molecule has 94 valence electrons. The molecule has 1 aliphatic heterocycles. The predicted molar refractivity (Wildman–Crippen MR) is 59.4 cm³/mol. The molecule has 0 aromatic rings. The average molecular weight is 250 g/mol. The van der Waals surface area contributed by atoms with E-state index in [0.29, 0.717) is 19.6 Å². The van der Waals surface area contributed by atoms with Crippen molar-refractivity contribution in [2.24, 2.45) is 5.41 Å². The lowest BCUT2D eigenvalue weighted by Gasteiger charge is -2.20. The van der Waals surface area contributed by atoms with E-state index < -0.39 is 13.0 Å². The molecule has 5 nitrogen and oxygen atoms in total. The lowest BCUT2D eigenvalue weighted by Crippen LogP contribution is -2.26. The molecule has 0 radical (unpaired) electrons. The number of carbonyl (C=O) groups excluding carboxylic acids is 1. The maximum atomic E-state index is 11.7. The van der Waals surface area contributed by atoms with Crippen molar-refractivity contribution in [3.63, 3.8) is 0 Å². The lowest BCUT2D eigenvalue weighted by molar-refractivity contribution is -0.153. The summed E-state index contributed by atoms with van der Waals surface area (Å²) in [4.78, 5) is 11.6. The van der Waals surface area contributed by atoms with Crippen molar-refractivity contribution in [1.82, 2.24) is 0 Å². The molecule has 0 N–H and O–H groups in total. The van der Waals surface area contributed by atoms with Crippen molar-refractivity contribution < 1.29 is 23.1 Å². The Hall–Kier alpha value is -0.380. The van der Waals surface area contributed by atoms with E-state index in [1.807, 2.05) is 20.8 Å². The maximum absolute atomic E-state index is 11.7. The van der Waals surface area contributed by atoms with Crippen molar-refractivity contribution in [2.75, 3.05) is 26.0 Å². The third-order valence-corrected chi connectivity index (χ3v) is 4.58. The Balaban J connectivity index is 2.30. The number of esters is 1. The highest BCUT2D eigenvalue weighted by Gasteiger charge is 2.32. The summed E-state index contributed by atoms with van der Waals surface area (Å²) in [6.45, 7) is 6.35. The summed E-state index contributed by atoms with van der Waals surface area (Å²) in [5, 5.41) is 0.